The van der Waals surface area contributed by atoms with Crippen LogP contribution in [0.15, 0.2) is 116 Å². The number of rotatable bonds is 9. The van der Waals surface area contributed by atoms with Crippen molar-refractivity contribution in [3.05, 3.63) is 122 Å². The first kappa shape index (κ1) is 50.7. The van der Waals surface area contributed by atoms with Crippen LogP contribution in [0.1, 0.15) is 45.5 Å². The van der Waals surface area contributed by atoms with E-state index < -0.39 is 11.9 Å². The molecule has 0 radical (unpaired) electrons. The van der Waals surface area contributed by atoms with Crippen LogP contribution in [0.4, 0.5) is 4.79 Å². The average molecular weight is 867 g/mol. The number of methoxy groups -OCH3 is 2. The van der Waals surface area contributed by atoms with Crippen LogP contribution < -0.4 is 10.6 Å². The summed E-state index contributed by atoms with van der Waals surface area (Å²) in [5.41, 5.74) is 6.41. The number of imidazole rings is 2. The molecular formula is C47H62N8O8. The molecule has 2 fully saturated rings. The second-order valence-corrected chi connectivity index (χ2v) is 13.9. The van der Waals surface area contributed by atoms with Crippen LogP contribution in [0.2, 0.25) is 0 Å². The van der Waals surface area contributed by atoms with Crippen molar-refractivity contribution >= 4 is 24.8 Å². The summed E-state index contributed by atoms with van der Waals surface area (Å²) in [7, 11) is 4.50. The van der Waals surface area contributed by atoms with Crippen LogP contribution >= 0.6 is 0 Å². The lowest BCUT2D eigenvalue weighted by Crippen LogP contribution is -2.41. The van der Waals surface area contributed by atoms with Crippen molar-refractivity contribution in [1.29, 1.82) is 0 Å². The Morgan fingerprint density at radius 2 is 1.41 bits per heavy atom. The Morgan fingerprint density at radius 3 is 1.89 bits per heavy atom. The van der Waals surface area contributed by atoms with Gasteiger partial charge in [-0.05, 0) is 29.2 Å². The van der Waals surface area contributed by atoms with Crippen molar-refractivity contribution in [2.75, 3.05) is 67.3 Å². The summed E-state index contributed by atoms with van der Waals surface area (Å²) in [5.74, 6) is 0.00619. The highest BCUT2D eigenvalue weighted by atomic mass is 16.7. The highest BCUT2D eigenvalue weighted by Crippen LogP contribution is 2.31. The van der Waals surface area contributed by atoms with Crippen LogP contribution in [0, 0.1) is 0 Å². The third kappa shape index (κ3) is 17.0. The minimum atomic E-state index is -0.611. The maximum absolute atomic E-state index is 11.8. The molecule has 5 heterocycles. The highest BCUT2D eigenvalue weighted by molar-refractivity contribution is 5.82. The normalized spacial score (nSPS) is 15.0. The number of amides is 4. The number of nitrogens with one attached hydrogen (secondary N) is 4. The maximum Gasteiger partial charge on any atom is 0.407 e. The number of nitrogens with zero attached hydrogens (tertiary/aromatic N) is 4. The summed E-state index contributed by atoms with van der Waals surface area (Å²) in [6.45, 7) is 9.56. The predicted octanol–water partition coefficient (Wildman–Crippen LogP) is 6.64. The maximum atomic E-state index is 11.8. The first-order valence-corrected chi connectivity index (χ1v) is 20.8. The number of carbonyl (C=O) groups is 4. The Bertz CT molecular complexity index is 2010. The Kier molecular flexibility index (Phi) is 23.2. The summed E-state index contributed by atoms with van der Waals surface area (Å²) in [6.07, 6.45) is 12.1. The van der Waals surface area contributed by atoms with E-state index >= 15 is 0 Å². The lowest BCUT2D eigenvalue weighted by atomic mass is 10.0. The zero-order valence-corrected chi connectivity index (χ0v) is 37.1. The summed E-state index contributed by atoms with van der Waals surface area (Å²) < 4.78 is 19.6. The van der Waals surface area contributed by atoms with Gasteiger partial charge in [0.05, 0.1) is 57.0 Å². The van der Waals surface area contributed by atoms with Crippen molar-refractivity contribution in [3.63, 3.8) is 0 Å². The summed E-state index contributed by atoms with van der Waals surface area (Å²) in [5, 5.41) is 4.78. The summed E-state index contributed by atoms with van der Waals surface area (Å²) >= 11 is 0. The molecule has 16 heteroatoms. The van der Waals surface area contributed by atoms with E-state index in [2.05, 4.69) is 102 Å². The van der Waals surface area contributed by atoms with E-state index in [-0.39, 0.29) is 18.5 Å². The van der Waals surface area contributed by atoms with E-state index in [0.29, 0.717) is 45.7 Å². The number of likely N-dealkylation sites (tertiary alicyclic amines) is 1. The van der Waals surface area contributed by atoms with Crippen molar-refractivity contribution in [2.24, 2.45) is 0 Å². The quantitative estimate of drug-likeness (QED) is 0.0923. The van der Waals surface area contributed by atoms with Gasteiger partial charge in [0.1, 0.15) is 18.4 Å². The largest absolute Gasteiger partial charge is 0.453 e. The van der Waals surface area contributed by atoms with E-state index in [1.54, 1.807) is 30.3 Å². The molecule has 16 nitrogen and oxygen atoms in total. The van der Waals surface area contributed by atoms with E-state index in [0.717, 1.165) is 52.4 Å². The number of ether oxygens (including phenoxy) is 4. The van der Waals surface area contributed by atoms with Crippen LogP contribution in [-0.2, 0) is 33.3 Å². The molecule has 3 aliphatic heterocycles. The van der Waals surface area contributed by atoms with Gasteiger partial charge < -0.3 is 49.3 Å². The molecule has 338 valence electrons. The predicted molar refractivity (Wildman–Crippen MR) is 243 cm³/mol. The first-order valence-electron chi connectivity index (χ1n) is 20.8. The molecule has 0 saturated carbocycles. The SMILES string of the molecule is CCC.CCNC=O.COC.COC(=O)NCC(=O)N1CCC2(C1)OCCO2.O=CN1CC=CC1c1ncc(-c2ccc(-c3ccc(-c4cnc[nH]4)cc3)cc2)[nH]1.c1ccccc1. The van der Waals surface area contributed by atoms with E-state index in [4.69, 9.17) is 9.47 Å². The van der Waals surface area contributed by atoms with Gasteiger partial charge in [-0.2, -0.15) is 0 Å². The third-order valence-corrected chi connectivity index (χ3v) is 9.11. The van der Waals surface area contributed by atoms with Crippen molar-refractivity contribution in [2.45, 2.75) is 45.4 Å². The molecule has 8 rings (SSSR count). The topological polar surface area (TPSA) is 193 Å². The molecule has 4 amide bonds. The highest BCUT2D eigenvalue weighted by Gasteiger charge is 2.44. The van der Waals surface area contributed by atoms with Gasteiger partial charge in [0.2, 0.25) is 18.7 Å². The van der Waals surface area contributed by atoms with Gasteiger partial charge in [-0.1, -0.05) is 117 Å². The molecule has 3 aromatic carbocycles. The fourth-order valence-corrected chi connectivity index (χ4v) is 6.12. The molecule has 0 bridgehead atoms. The minimum Gasteiger partial charge on any atom is -0.453 e. The molecule has 5 aromatic rings. The lowest BCUT2D eigenvalue weighted by Gasteiger charge is -2.22. The molecule has 2 aromatic heterocycles. The van der Waals surface area contributed by atoms with Crippen molar-refractivity contribution < 1.29 is 38.1 Å². The van der Waals surface area contributed by atoms with Gasteiger partial charge in [0, 0.05) is 40.3 Å². The number of H-pyrrole nitrogens is 2. The number of hydrogen-bond donors (Lipinski definition) is 4. The lowest BCUT2D eigenvalue weighted by molar-refractivity contribution is -0.152. The fourth-order valence-electron chi connectivity index (χ4n) is 6.12. The Morgan fingerprint density at radius 1 is 0.857 bits per heavy atom. The molecular weight excluding hydrogens is 805 g/mol. The molecule has 1 spiro atoms. The molecule has 1 atom stereocenters. The van der Waals surface area contributed by atoms with Gasteiger partial charge in [-0.15, -0.1) is 0 Å². The Labute approximate surface area is 370 Å². The standard InChI is InChI=1S/C23H19N5O.C10H16N2O5.C6H6.C3H7NO.C3H8.C2H6O/c29-15-28-11-1-2-22(28)23-25-13-21(27-23)19-9-5-17(6-10-19)16-3-7-18(8-4-16)20-12-24-14-26-20;1-15-9(14)11-6-8(13)12-3-2-10(7-12)16-4-5-17-10;1-2-4-6-5-3-1;1-2-4-3-5;2*1-3-2/h1-10,12-15,22H,11H2,(H,24,26)(H,25,27);2-7H2,1H3,(H,11,14);1-6H;3H,2H2,1H3,(H,4,5);3H2,1-2H3;1-2H3. The number of carbonyl (C=O) groups excluding carboxylic acids is 4. The van der Waals surface area contributed by atoms with Gasteiger partial charge in [-0.25, -0.2) is 14.8 Å². The van der Waals surface area contributed by atoms with Crippen LogP contribution in [0.5, 0.6) is 0 Å². The van der Waals surface area contributed by atoms with E-state index in [9.17, 15) is 19.2 Å². The third-order valence-electron chi connectivity index (χ3n) is 9.11. The van der Waals surface area contributed by atoms with Crippen molar-refractivity contribution in [3.8, 4) is 33.6 Å². The molecule has 3 aliphatic rings. The van der Waals surface area contributed by atoms with E-state index in [1.165, 1.54) is 13.5 Å². The minimum absolute atomic E-state index is 0.0667. The average Bonchev–Trinajstić information content (AvgIpc) is 4.20. The number of hydrogen-bond acceptors (Lipinski definition) is 10. The van der Waals surface area contributed by atoms with Gasteiger partial charge in [-0.3, -0.25) is 14.4 Å². The monoisotopic (exact) mass is 866 g/mol. The van der Waals surface area contributed by atoms with Gasteiger partial charge in [0.25, 0.3) is 0 Å². The van der Waals surface area contributed by atoms with Crippen LogP contribution in [0.3, 0.4) is 0 Å². The number of benzene rings is 3. The smallest absolute Gasteiger partial charge is 0.407 e. The molecule has 0 aliphatic carbocycles. The van der Waals surface area contributed by atoms with Gasteiger partial charge in [0.15, 0.2) is 5.79 Å². The zero-order valence-electron chi connectivity index (χ0n) is 37.1. The van der Waals surface area contributed by atoms with Crippen molar-refractivity contribution in [1.82, 2.24) is 40.4 Å². The first-order chi connectivity index (χ1) is 30.7. The molecule has 63 heavy (non-hydrogen) atoms. The number of aromatic nitrogens is 4. The summed E-state index contributed by atoms with van der Waals surface area (Å²) in [4.78, 5) is 61.4. The Hall–Kier alpha value is -6.62. The Balaban J connectivity index is 0.000000260. The molecule has 2 saturated heterocycles. The molecule has 4 N–H and O–H groups in total. The molecule has 1 unspecified atom stereocenters. The number of aromatic amines is 2. The number of alkyl carbamates (subject to hydrolysis) is 1. The van der Waals surface area contributed by atoms with E-state index in [1.807, 2.05) is 67.9 Å². The summed E-state index contributed by atoms with van der Waals surface area (Å²) in [6, 6.07) is 28.7. The zero-order chi connectivity index (χ0) is 45.7. The van der Waals surface area contributed by atoms with Crippen LogP contribution in [0.25, 0.3) is 33.6 Å². The second kappa shape index (κ2) is 28.8. The van der Waals surface area contributed by atoms with Gasteiger partial charge >= 0.3 is 6.09 Å². The fraction of sp³-hybridized carbons (Fsp3) is 0.362. The van der Waals surface area contributed by atoms with Crippen LogP contribution in [-0.4, -0.2) is 128 Å². The second-order valence-electron chi connectivity index (χ2n) is 13.9.